The Morgan fingerprint density at radius 1 is 1.42 bits per heavy atom. The molecule has 4 heteroatoms. The maximum absolute atomic E-state index is 11.5. The number of nitrogens with one attached hydrogen (secondary N) is 2. The predicted octanol–water partition coefficient (Wildman–Crippen LogP) is 0.196. The molecule has 0 bridgehead atoms. The summed E-state index contributed by atoms with van der Waals surface area (Å²) in [6, 6.07) is 0. The Balaban J connectivity index is 2.59. The van der Waals surface area contributed by atoms with E-state index in [1.807, 2.05) is 7.05 Å². The lowest BCUT2D eigenvalue weighted by atomic mass is 9.97. The Labute approximate surface area is 72.6 Å². The summed E-state index contributed by atoms with van der Waals surface area (Å²) in [4.78, 5) is 16.1. The van der Waals surface area contributed by atoms with Crippen LogP contribution in [0.3, 0.4) is 0 Å². The third kappa shape index (κ3) is 1.59. The van der Waals surface area contributed by atoms with E-state index in [4.69, 9.17) is 0 Å². The van der Waals surface area contributed by atoms with Gasteiger partial charge in [-0.25, -0.2) is 5.48 Å². The number of hydroxylamine groups is 1. The van der Waals surface area contributed by atoms with Crippen molar-refractivity contribution in [1.82, 2.24) is 10.8 Å². The summed E-state index contributed by atoms with van der Waals surface area (Å²) in [6.45, 7) is 0. The van der Waals surface area contributed by atoms with E-state index in [1.165, 1.54) is 7.11 Å². The first-order chi connectivity index (χ1) is 5.75. The Kier molecular flexibility index (Phi) is 3.05. The van der Waals surface area contributed by atoms with Gasteiger partial charge in [-0.1, -0.05) is 12.8 Å². The quantitative estimate of drug-likeness (QED) is 0.598. The fourth-order valence-electron chi connectivity index (χ4n) is 1.76. The number of carbonyl (C=O) groups excluding carboxylic acids is 1. The molecule has 0 spiro atoms. The van der Waals surface area contributed by atoms with Crippen LogP contribution in [0, 0.1) is 0 Å². The van der Waals surface area contributed by atoms with Crippen LogP contribution in [0.25, 0.3) is 0 Å². The van der Waals surface area contributed by atoms with Gasteiger partial charge in [-0.15, -0.1) is 0 Å². The summed E-state index contributed by atoms with van der Waals surface area (Å²) in [6.07, 6.45) is 4.02. The molecule has 1 aliphatic rings. The third-order valence-electron chi connectivity index (χ3n) is 2.57. The molecule has 0 aromatic rings. The molecule has 1 saturated carbocycles. The second-order valence-electron chi connectivity index (χ2n) is 3.17. The van der Waals surface area contributed by atoms with E-state index < -0.39 is 0 Å². The van der Waals surface area contributed by atoms with E-state index in [0.29, 0.717) is 0 Å². The predicted molar refractivity (Wildman–Crippen MR) is 45.4 cm³/mol. The highest BCUT2D eigenvalue weighted by molar-refractivity contribution is 5.85. The van der Waals surface area contributed by atoms with E-state index in [1.54, 1.807) is 0 Å². The van der Waals surface area contributed by atoms with Crippen LogP contribution < -0.4 is 10.8 Å². The molecule has 70 valence electrons. The van der Waals surface area contributed by atoms with E-state index >= 15 is 0 Å². The Hall–Kier alpha value is -0.610. The van der Waals surface area contributed by atoms with Gasteiger partial charge in [-0.3, -0.25) is 9.63 Å². The average molecular weight is 172 g/mol. The Bertz CT molecular complexity index is 164. The van der Waals surface area contributed by atoms with Crippen molar-refractivity contribution in [3.05, 3.63) is 0 Å². The van der Waals surface area contributed by atoms with Crippen molar-refractivity contribution in [3.63, 3.8) is 0 Å². The maximum Gasteiger partial charge on any atom is 0.263 e. The summed E-state index contributed by atoms with van der Waals surface area (Å²) in [7, 11) is 3.27. The molecule has 0 unspecified atom stereocenters. The largest absolute Gasteiger partial charge is 0.306 e. The molecule has 0 radical (unpaired) electrons. The number of hydrogen-bond acceptors (Lipinski definition) is 3. The van der Waals surface area contributed by atoms with Gasteiger partial charge in [0.15, 0.2) is 0 Å². The summed E-state index contributed by atoms with van der Waals surface area (Å²) in [5, 5.41) is 3.07. The van der Waals surface area contributed by atoms with Gasteiger partial charge in [0.05, 0.1) is 12.6 Å². The first kappa shape index (κ1) is 9.48. The van der Waals surface area contributed by atoms with Crippen molar-refractivity contribution in [1.29, 1.82) is 0 Å². The standard InChI is InChI=1S/C8H16N2O2/c1-9-8(5-3-4-6-8)7(11)10-12-2/h9H,3-6H2,1-2H3,(H,10,11). The van der Waals surface area contributed by atoms with E-state index in [2.05, 4.69) is 15.6 Å². The topological polar surface area (TPSA) is 50.4 Å². The number of carbonyl (C=O) groups is 1. The highest BCUT2D eigenvalue weighted by Crippen LogP contribution is 2.29. The molecule has 0 saturated heterocycles. The lowest BCUT2D eigenvalue weighted by Gasteiger charge is -2.26. The summed E-state index contributed by atoms with van der Waals surface area (Å²) in [5.74, 6) is -0.0509. The molecule has 1 fully saturated rings. The zero-order chi connectivity index (χ0) is 9.03. The molecule has 4 nitrogen and oxygen atoms in total. The van der Waals surface area contributed by atoms with Crippen molar-refractivity contribution in [2.75, 3.05) is 14.2 Å². The van der Waals surface area contributed by atoms with Crippen LogP contribution in [0.4, 0.5) is 0 Å². The van der Waals surface area contributed by atoms with Crippen LogP contribution in [0.15, 0.2) is 0 Å². The van der Waals surface area contributed by atoms with Gasteiger partial charge < -0.3 is 5.32 Å². The zero-order valence-corrected chi connectivity index (χ0v) is 7.64. The minimum Gasteiger partial charge on any atom is -0.306 e. The molecule has 0 aromatic carbocycles. The van der Waals surface area contributed by atoms with Crippen molar-refractivity contribution in [3.8, 4) is 0 Å². The van der Waals surface area contributed by atoms with E-state index in [-0.39, 0.29) is 11.4 Å². The number of hydrogen-bond donors (Lipinski definition) is 2. The second-order valence-corrected chi connectivity index (χ2v) is 3.17. The fourth-order valence-corrected chi connectivity index (χ4v) is 1.76. The maximum atomic E-state index is 11.5. The van der Waals surface area contributed by atoms with Crippen LogP contribution in [0.5, 0.6) is 0 Å². The molecule has 12 heavy (non-hydrogen) atoms. The number of amides is 1. The number of rotatable bonds is 3. The molecule has 0 aromatic heterocycles. The monoisotopic (exact) mass is 172 g/mol. The van der Waals surface area contributed by atoms with Crippen LogP contribution >= 0.6 is 0 Å². The highest BCUT2D eigenvalue weighted by atomic mass is 16.6. The van der Waals surface area contributed by atoms with Crippen LogP contribution in [-0.4, -0.2) is 25.6 Å². The SMILES string of the molecule is CNC1(C(=O)NOC)CCCC1. The fraction of sp³-hybridized carbons (Fsp3) is 0.875. The van der Waals surface area contributed by atoms with Crippen LogP contribution in [-0.2, 0) is 9.63 Å². The molecular formula is C8H16N2O2. The lowest BCUT2D eigenvalue weighted by Crippen LogP contribution is -2.53. The lowest BCUT2D eigenvalue weighted by molar-refractivity contribution is -0.138. The van der Waals surface area contributed by atoms with Crippen LogP contribution in [0.1, 0.15) is 25.7 Å². The van der Waals surface area contributed by atoms with Crippen molar-refractivity contribution >= 4 is 5.91 Å². The van der Waals surface area contributed by atoms with Gasteiger partial charge in [0.25, 0.3) is 5.91 Å². The van der Waals surface area contributed by atoms with Gasteiger partial charge >= 0.3 is 0 Å². The second kappa shape index (κ2) is 3.87. The normalized spacial score (nSPS) is 20.8. The summed E-state index contributed by atoms with van der Waals surface area (Å²) >= 11 is 0. The summed E-state index contributed by atoms with van der Waals surface area (Å²) < 4.78 is 0. The molecule has 1 rings (SSSR count). The molecule has 0 aliphatic heterocycles. The molecule has 1 amide bonds. The smallest absolute Gasteiger partial charge is 0.263 e. The van der Waals surface area contributed by atoms with Crippen molar-refractivity contribution in [2.45, 2.75) is 31.2 Å². The molecule has 2 N–H and O–H groups in total. The van der Waals surface area contributed by atoms with Gasteiger partial charge in [-0.2, -0.15) is 0 Å². The molecule has 0 heterocycles. The zero-order valence-electron chi connectivity index (χ0n) is 7.64. The molecule has 0 atom stereocenters. The first-order valence-corrected chi connectivity index (χ1v) is 4.27. The van der Waals surface area contributed by atoms with Crippen molar-refractivity contribution in [2.24, 2.45) is 0 Å². The first-order valence-electron chi connectivity index (χ1n) is 4.27. The summed E-state index contributed by atoms with van der Waals surface area (Å²) in [5.41, 5.74) is 2.00. The number of likely N-dealkylation sites (N-methyl/N-ethyl adjacent to an activating group) is 1. The average Bonchev–Trinajstić information content (AvgIpc) is 2.54. The third-order valence-corrected chi connectivity index (χ3v) is 2.57. The van der Waals surface area contributed by atoms with E-state index in [9.17, 15) is 4.79 Å². The minimum atomic E-state index is -0.379. The van der Waals surface area contributed by atoms with Gasteiger partial charge in [-0.05, 0) is 19.9 Å². The highest BCUT2D eigenvalue weighted by Gasteiger charge is 2.39. The minimum absolute atomic E-state index is 0.0509. The van der Waals surface area contributed by atoms with Crippen LogP contribution in [0.2, 0.25) is 0 Å². The molecule has 1 aliphatic carbocycles. The van der Waals surface area contributed by atoms with Gasteiger partial charge in [0, 0.05) is 0 Å². The Morgan fingerprint density at radius 2 is 2.00 bits per heavy atom. The Morgan fingerprint density at radius 3 is 2.42 bits per heavy atom. The van der Waals surface area contributed by atoms with Gasteiger partial charge in [0.2, 0.25) is 0 Å². The van der Waals surface area contributed by atoms with Gasteiger partial charge in [0.1, 0.15) is 0 Å². The van der Waals surface area contributed by atoms with Crippen molar-refractivity contribution < 1.29 is 9.63 Å². The molecular weight excluding hydrogens is 156 g/mol. The van der Waals surface area contributed by atoms with E-state index in [0.717, 1.165) is 25.7 Å².